The summed E-state index contributed by atoms with van der Waals surface area (Å²) < 4.78 is 32.6. The van der Waals surface area contributed by atoms with Crippen molar-refractivity contribution in [3.05, 3.63) is 62.6 Å². The van der Waals surface area contributed by atoms with Crippen LogP contribution in [0.3, 0.4) is 0 Å². The van der Waals surface area contributed by atoms with Gasteiger partial charge in [0.05, 0.1) is 14.9 Å². The molecule has 22 heavy (non-hydrogen) atoms. The molecule has 0 aliphatic rings. The van der Waals surface area contributed by atoms with Crippen molar-refractivity contribution in [1.82, 2.24) is 0 Å². The quantitative estimate of drug-likeness (QED) is 0.475. The fourth-order valence-electron chi connectivity index (χ4n) is 1.78. The summed E-state index contributed by atoms with van der Waals surface area (Å²) in [6, 6.07) is 7.81. The predicted molar refractivity (Wildman–Crippen MR) is 79.9 cm³/mol. The Morgan fingerprint density at radius 1 is 0.955 bits per heavy atom. The van der Waals surface area contributed by atoms with Crippen molar-refractivity contribution < 1.29 is 47.6 Å². The van der Waals surface area contributed by atoms with Crippen molar-refractivity contribution in [2.45, 2.75) is 11.0 Å². The Hall–Kier alpha value is 0.180. The van der Waals surface area contributed by atoms with Gasteiger partial charge in [0.1, 0.15) is 16.2 Å². The standard InChI is InChI=1S/C13H9Cl3O4S.Na/c14-9-5-6-10(15)12(16)11(9)13(17)7-1-3-8(4-2-7)21(18,19)20;/h1-6,13,17H,(H,18,19,20);/q;+1/p-1. The van der Waals surface area contributed by atoms with Crippen molar-refractivity contribution in [3.8, 4) is 0 Å². The Morgan fingerprint density at radius 2 is 1.45 bits per heavy atom. The second kappa shape index (κ2) is 7.83. The Balaban J connectivity index is 0.00000242. The summed E-state index contributed by atoms with van der Waals surface area (Å²) in [5, 5.41) is 10.9. The van der Waals surface area contributed by atoms with Crippen molar-refractivity contribution in [3.63, 3.8) is 0 Å². The zero-order valence-corrected chi connectivity index (χ0v) is 16.3. The molecule has 1 N–H and O–H groups in total. The van der Waals surface area contributed by atoms with Crippen LogP contribution in [0.15, 0.2) is 41.3 Å². The van der Waals surface area contributed by atoms with Crippen LogP contribution >= 0.6 is 34.8 Å². The molecule has 2 rings (SSSR count). The smallest absolute Gasteiger partial charge is 0.744 e. The van der Waals surface area contributed by atoms with Gasteiger partial charge < -0.3 is 9.66 Å². The maximum Gasteiger partial charge on any atom is 1.00 e. The summed E-state index contributed by atoms with van der Waals surface area (Å²) >= 11 is 17.9. The number of halogens is 3. The van der Waals surface area contributed by atoms with Crippen LogP contribution in [0.1, 0.15) is 17.2 Å². The average molecular weight is 390 g/mol. The summed E-state index contributed by atoms with van der Waals surface area (Å²) in [6.45, 7) is 0. The minimum atomic E-state index is -4.54. The molecular formula is C13H8Cl3NaO4S. The predicted octanol–water partition coefficient (Wildman–Crippen LogP) is 0.637. The van der Waals surface area contributed by atoms with Gasteiger partial charge >= 0.3 is 29.6 Å². The van der Waals surface area contributed by atoms with Crippen LogP contribution in [0.25, 0.3) is 0 Å². The van der Waals surface area contributed by atoms with E-state index in [9.17, 15) is 18.1 Å². The molecule has 0 saturated heterocycles. The number of hydrogen-bond acceptors (Lipinski definition) is 4. The molecule has 2 aromatic rings. The third-order valence-corrected chi connectivity index (χ3v) is 4.84. The van der Waals surface area contributed by atoms with E-state index in [4.69, 9.17) is 34.8 Å². The Kier molecular flexibility index (Phi) is 7.20. The minimum absolute atomic E-state index is 0. The summed E-state index contributed by atoms with van der Waals surface area (Å²) in [4.78, 5) is -0.387. The molecule has 1 unspecified atom stereocenters. The van der Waals surface area contributed by atoms with E-state index in [1.54, 1.807) is 0 Å². The zero-order chi connectivity index (χ0) is 15.8. The number of aliphatic hydroxyl groups excluding tert-OH is 1. The fourth-order valence-corrected chi connectivity index (χ4v) is 2.99. The van der Waals surface area contributed by atoms with Crippen LogP contribution < -0.4 is 29.6 Å². The van der Waals surface area contributed by atoms with Gasteiger partial charge in [0.15, 0.2) is 0 Å². The van der Waals surface area contributed by atoms with Gasteiger partial charge in [0, 0.05) is 10.6 Å². The topological polar surface area (TPSA) is 77.4 Å². The van der Waals surface area contributed by atoms with Crippen LogP contribution in [0, 0.1) is 0 Å². The monoisotopic (exact) mass is 388 g/mol. The Labute approximate surface area is 165 Å². The number of rotatable bonds is 3. The van der Waals surface area contributed by atoms with Crippen LogP contribution in [-0.2, 0) is 10.1 Å². The third-order valence-electron chi connectivity index (χ3n) is 2.84. The molecule has 0 bridgehead atoms. The van der Waals surface area contributed by atoms with Crippen molar-refractivity contribution in [2.75, 3.05) is 0 Å². The maximum atomic E-state index is 10.9. The number of hydrogen-bond donors (Lipinski definition) is 1. The van der Waals surface area contributed by atoms with Crippen LogP contribution in [0.4, 0.5) is 0 Å². The first-order chi connectivity index (χ1) is 9.71. The average Bonchev–Trinajstić information content (AvgIpc) is 2.42. The molecular weight excluding hydrogens is 382 g/mol. The molecule has 0 aromatic heterocycles. The van der Waals surface area contributed by atoms with E-state index in [-0.39, 0.29) is 55.1 Å². The number of aliphatic hydroxyl groups is 1. The van der Waals surface area contributed by atoms with Crippen molar-refractivity contribution in [1.29, 1.82) is 0 Å². The molecule has 1 atom stereocenters. The van der Waals surface area contributed by atoms with E-state index in [1.165, 1.54) is 24.3 Å². The molecule has 4 nitrogen and oxygen atoms in total. The van der Waals surface area contributed by atoms with E-state index >= 15 is 0 Å². The van der Waals surface area contributed by atoms with Crippen molar-refractivity contribution in [2.24, 2.45) is 0 Å². The van der Waals surface area contributed by atoms with Crippen molar-refractivity contribution >= 4 is 44.9 Å². The van der Waals surface area contributed by atoms with E-state index < -0.39 is 16.2 Å². The molecule has 0 saturated carbocycles. The van der Waals surface area contributed by atoms with Gasteiger partial charge in [0.25, 0.3) is 0 Å². The summed E-state index contributed by atoms with van der Waals surface area (Å²) in [6.07, 6.45) is -1.20. The SMILES string of the molecule is O=S(=O)([O-])c1ccc(C(O)c2c(Cl)ccc(Cl)c2Cl)cc1.[Na+]. The maximum absolute atomic E-state index is 10.9. The normalized spacial score (nSPS) is 12.6. The van der Waals surface area contributed by atoms with Gasteiger partial charge in [-0.25, -0.2) is 8.42 Å². The third kappa shape index (κ3) is 4.38. The number of benzene rings is 2. The van der Waals surface area contributed by atoms with Crippen LogP contribution in [0.5, 0.6) is 0 Å². The molecule has 0 aliphatic heterocycles. The molecule has 0 radical (unpaired) electrons. The molecule has 0 aliphatic carbocycles. The first kappa shape index (κ1) is 20.2. The molecule has 0 amide bonds. The van der Waals surface area contributed by atoms with Crippen LogP contribution in [0.2, 0.25) is 15.1 Å². The van der Waals surface area contributed by atoms with Gasteiger partial charge in [-0.15, -0.1) is 0 Å². The van der Waals surface area contributed by atoms with E-state index in [2.05, 4.69) is 0 Å². The zero-order valence-electron chi connectivity index (χ0n) is 11.3. The van der Waals surface area contributed by atoms with E-state index in [1.807, 2.05) is 0 Å². The second-order valence-electron chi connectivity index (χ2n) is 4.18. The molecule has 0 heterocycles. The van der Waals surface area contributed by atoms with Gasteiger partial charge in [-0.1, -0.05) is 46.9 Å². The molecule has 0 spiro atoms. The van der Waals surface area contributed by atoms with E-state index in [0.29, 0.717) is 5.56 Å². The first-order valence-electron chi connectivity index (χ1n) is 5.59. The van der Waals surface area contributed by atoms with Gasteiger partial charge in [-0.3, -0.25) is 0 Å². The summed E-state index contributed by atoms with van der Waals surface area (Å²) in [5.74, 6) is 0. The fraction of sp³-hybridized carbons (Fsp3) is 0.0769. The molecule has 9 heteroatoms. The van der Waals surface area contributed by atoms with Crippen LogP contribution in [-0.4, -0.2) is 18.1 Å². The minimum Gasteiger partial charge on any atom is -0.744 e. The van der Waals surface area contributed by atoms with Gasteiger partial charge in [0.2, 0.25) is 0 Å². The largest absolute Gasteiger partial charge is 1.00 e. The summed E-state index contributed by atoms with van der Waals surface area (Å²) in [5.41, 5.74) is 0.539. The Morgan fingerprint density at radius 3 is 1.95 bits per heavy atom. The molecule has 112 valence electrons. The first-order valence-corrected chi connectivity index (χ1v) is 8.13. The molecule has 0 fully saturated rings. The van der Waals surface area contributed by atoms with Gasteiger partial charge in [-0.2, -0.15) is 0 Å². The molecule has 2 aromatic carbocycles. The summed E-state index contributed by atoms with van der Waals surface area (Å²) in [7, 11) is -4.54. The van der Waals surface area contributed by atoms with Gasteiger partial charge in [-0.05, 0) is 29.8 Å². The Bertz CT molecular complexity index is 779. The van der Waals surface area contributed by atoms with E-state index in [0.717, 1.165) is 12.1 Å². The second-order valence-corrected chi connectivity index (χ2v) is 6.75.